The second kappa shape index (κ2) is 12.8. The van der Waals surface area contributed by atoms with E-state index in [1.807, 2.05) is 6.08 Å². The van der Waals surface area contributed by atoms with Gasteiger partial charge in [-0.25, -0.2) is 4.39 Å². The highest BCUT2D eigenvalue weighted by Crippen LogP contribution is 2.43. The standard InChI is InChI=1S/C28H40F4O/c1-2-3-4-7-21-10-15-24(16-11-21)25-17-12-22(13-18-25)8-5-6-9-23-14-19-27(26(29)20-23)33-28(30,31)32/h5-6,14,19-22,24-25H,2-4,7-13,15-18H2,1H3/b6-5-. The predicted octanol–water partition coefficient (Wildman–Crippen LogP) is 9.41. The molecule has 0 aromatic heterocycles. The molecule has 0 N–H and O–H groups in total. The van der Waals surface area contributed by atoms with E-state index in [4.69, 9.17) is 0 Å². The van der Waals surface area contributed by atoms with E-state index in [0.29, 0.717) is 12.0 Å². The molecule has 3 rings (SSSR count). The van der Waals surface area contributed by atoms with E-state index in [0.717, 1.165) is 42.2 Å². The van der Waals surface area contributed by atoms with Gasteiger partial charge in [-0.2, -0.15) is 0 Å². The van der Waals surface area contributed by atoms with E-state index in [9.17, 15) is 17.6 Å². The molecule has 1 aromatic carbocycles. The monoisotopic (exact) mass is 468 g/mol. The van der Waals surface area contributed by atoms with E-state index in [2.05, 4.69) is 17.7 Å². The van der Waals surface area contributed by atoms with Crippen molar-refractivity contribution >= 4 is 0 Å². The fourth-order valence-corrected chi connectivity index (χ4v) is 5.91. The Balaban J connectivity index is 1.33. The minimum atomic E-state index is -4.88. The van der Waals surface area contributed by atoms with Crippen molar-refractivity contribution < 1.29 is 22.3 Å². The molecular formula is C28H40F4O. The number of halogens is 4. The number of benzene rings is 1. The molecule has 0 heterocycles. The quantitative estimate of drug-likeness (QED) is 0.189. The lowest BCUT2D eigenvalue weighted by molar-refractivity contribution is -0.275. The summed E-state index contributed by atoms with van der Waals surface area (Å²) in [6, 6.07) is 3.65. The summed E-state index contributed by atoms with van der Waals surface area (Å²) >= 11 is 0. The Labute approximate surface area is 197 Å². The van der Waals surface area contributed by atoms with Crippen LogP contribution >= 0.6 is 0 Å². The normalized spacial score (nSPS) is 26.6. The molecule has 0 unspecified atom stereocenters. The van der Waals surface area contributed by atoms with Crippen LogP contribution in [0.15, 0.2) is 30.4 Å². The Bertz CT molecular complexity index is 726. The first-order valence-corrected chi connectivity index (χ1v) is 13.0. The van der Waals surface area contributed by atoms with Crippen LogP contribution in [-0.2, 0) is 6.42 Å². The zero-order chi connectivity index (χ0) is 23.7. The van der Waals surface area contributed by atoms with Crippen molar-refractivity contribution in [1.82, 2.24) is 0 Å². The summed E-state index contributed by atoms with van der Waals surface area (Å²) in [7, 11) is 0. The summed E-state index contributed by atoms with van der Waals surface area (Å²) in [6.45, 7) is 2.28. The summed E-state index contributed by atoms with van der Waals surface area (Å²) in [6.07, 6.45) is 17.5. The lowest BCUT2D eigenvalue weighted by atomic mass is 9.68. The van der Waals surface area contributed by atoms with Crippen LogP contribution in [0.5, 0.6) is 5.75 Å². The lowest BCUT2D eigenvalue weighted by Gasteiger charge is -2.37. The summed E-state index contributed by atoms with van der Waals surface area (Å²) in [5.41, 5.74) is 0.646. The van der Waals surface area contributed by atoms with Gasteiger partial charge in [0.05, 0.1) is 0 Å². The van der Waals surface area contributed by atoms with Crippen LogP contribution in [-0.4, -0.2) is 6.36 Å². The zero-order valence-electron chi connectivity index (χ0n) is 20.0. The molecule has 2 aliphatic carbocycles. The number of rotatable bonds is 10. The van der Waals surface area contributed by atoms with E-state index in [1.165, 1.54) is 83.1 Å². The van der Waals surface area contributed by atoms with Gasteiger partial charge in [-0.15, -0.1) is 13.2 Å². The Morgan fingerprint density at radius 2 is 1.52 bits per heavy atom. The highest BCUT2D eigenvalue weighted by atomic mass is 19.4. The maximum atomic E-state index is 13.8. The molecule has 33 heavy (non-hydrogen) atoms. The van der Waals surface area contributed by atoms with Crippen LogP contribution in [0.4, 0.5) is 17.6 Å². The molecular weight excluding hydrogens is 428 g/mol. The van der Waals surface area contributed by atoms with Crippen molar-refractivity contribution in [2.24, 2.45) is 23.7 Å². The number of unbranched alkanes of at least 4 members (excludes halogenated alkanes) is 2. The fourth-order valence-electron chi connectivity index (χ4n) is 5.91. The van der Waals surface area contributed by atoms with Crippen LogP contribution in [0, 0.1) is 29.5 Å². The first-order valence-electron chi connectivity index (χ1n) is 13.0. The highest BCUT2D eigenvalue weighted by Gasteiger charge is 2.32. The number of allylic oxidation sites excluding steroid dienone is 2. The first-order chi connectivity index (χ1) is 15.8. The van der Waals surface area contributed by atoms with Gasteiger partial charge in [-0.1, -0.05) is 63.7 Å². The van der Waals surface area contributed by atoms with Gasteiger partial charge >= 0.3 is 6.36 Å². The molecule has 0 spiro atoms. The molecule has 1 aromatic rings. The SMILES string of the molecule is CCCCCC1CCC(C2CCC(C/C=C\Cc3ccc(OC(F)(F)F)c(F)c3)CC2)CC1. The topological polar surface area (TPSA) is 9.23 Å². The minimum Gasteiger partial charge on any atom is -0.403 e. The van der Waals surface area contributed by atoms with Crippen molar-refractivity contribution in [2.75, 3.05) is 0 Å². The molecule has 0 bridgehead atoms. The highest BCUT2D eigenvalue weighted by molar-refractivity contribution is 5.30. The van der Waals surface area contributed by atoms with Crippen molar-refractivity contribution in [3.8, 4) is 5.75 Å². The Kier molecular flexibility index (Phi) is 10.1. The van der Waals surface area contributed by atoms with Crippen molar-refractivity contribution in [2.45, 2.75) is 103 Å². The number of hydrogen-bond donors (Lipinski definition) is 0. The maximum absolute atomic E-state index is 13.8. The van der Waals surface area contributed by atoms with Gasteiger partial charge in [-0.05, 0) is 92.7 Å². The Morgan fingerprint density at radius 1 is 0.879 bits per heavy atom. The molecule has 2 fully saturated rings. The van der Waals surface area contributed by atoms with Gasteiger partial charge in [0.1, 0.15) is 0 Å². The largest absolute Gasteiger partial charge is 0.573 e. The van der Waals surface area contributed by atoms with Crippen LogP contribution in [0.3, 0.4) is 0 Å². The maximum Gasteiger partial charge on any atom is 0.573 e. The van der Waals surface area contributed by atoms with E-state index in [-0.39, 0.29) is 0 Å². The summed E-state index contributed by atoms with van der Waals surface area (Å²) in [5.74, 6) is 1.81. The van der Waals surface area contributed by atoms with Crippen molar-refractivity contribution in [3.05, 3.63) is 41.7 Å². The molecule has 1 nitrogen and oxygen atoms in total. The van der Waals surface area contributed by atoms with Gasteiger partial charge in [-0.3, -0.25) is 0 Å². The van der Waals surface area contributed by atoms with Crippen LogP contribution in [0.25, 0.3) is 0 Å². The van der Waals surface area contributed by atoms with Gasteiger partial charge in [0.15, 0.2) is 11.6 Å². The van der Waals surface area contributed by atoms with Gasteiger partial charge < -0.3 is 4.74 Å². The van der Waals surface area contributed by atoms with Crippen molar-refractivity contribution in [3.63, 3.8) is 0 Å². The average molecular weight is 469 g/mol. The first kappa shape index (κ1) is 26.1. The van der Waals surface area contributed by atoms with Crippen molar-refractivity contribution in [1.29, 1.82) is 0 Å². The molecule has 2 aliphatic rings. The van der Waals surface area contributed by atoms with Crippen LogP contribution in [0.1, 0.15) is 96.0 Å². The third kappa shape index (κ3) is 8.98. The molecule has 0 atom stereocenters. The van der Waals surface area contributed by atoms with Crippen LogP contribution in [0.2, 0.25) is 0 Å². The van der Waals surface area contributed by atoms with E-state index in [1.54, 1.807) is 0 Å². The Morgan fingerprint density at radius 3 is 2.09 bits per heavy atom. The average Bonchev–Trinajstić information content (AvgIpc) is 2.79. The predicted molar refractivity (Wildman–Crippen MR) is 126 cm³/mol. The Hall–Kier alpha value is -1.52. The molecule has 0 amide bonds. The number of hydrogen-bond acceptors (Lipinski definition) is 1. The minimum absolute atomic E-state index is 0.514. The third-order valence-electron chi connectivity index (χ3n) is 7.88. The van der Waals surface area contributed by atoms with Gasteiger partial charge in [0.2, 0.25) is 0 Å². The summed E-state index contributed by atoms with van der Waals surface area (Å²) in [5, 5.41) is 0. The molecule has 186 valence electrons. The molecule has 5 heteroatoms. The van der Waals surface area contributed by atoms with Gasteiger partial charge in [0.25, 0.3) is 0 Å². The zero-order valence-corrected chi connectivity index (χ0v) is 20.0. The molecule has 2 saturated carbocycles. The van der Waals surface area contributed by atoms with Gasteiger partial charge in [0, 0.05) is 0 Å². The van der Waals surface area contributed by atoms with E-state index >= 15 is 0 Å². The second-order valence-corrected chi connectivity index (χ2v) is 10.3. The molecule has 0 aliphatic heterocycles. The number of ether oxygens (including phenoxy) is 1. The third-order valence-corrected chi connectivity index (χ3v) is 7.88. The molecule has 0 radical (unpaired) electrons. The second-order valence-electron chi connectivity index (χ2n) is 10.3. The number of alkyl halides is 3. The smallest absolute Gasteiger partial charge is 0.403 e. The molecule has 0 saturated heterocycles. The lowest BCUT2D eigenvalue weighted by Crippen LogP contribution is -2.25. The van der Waals surface area contributed by atoms with Crippen LogP contribution < -0.4 is 4.74 Å². The fraction of sp³-hybridized carbons (Fsp3) is 0.714. The summed E-state index contributed by atoms with van der Waals surface area (Å²) in [4.78, 5) is 0. The van der Waals surface area contributed by atoms with E-state index < -0.39 is 17.9 Å². The summed E-state index contributed by atoms with van der Waals surface area (Å²) < 4.78 is 54.2.